The van der Waals surface area contributed by atoms with E-state index in [2.05, 4.69) is 5.32 Å². The highest BCUT2D eigenvalue weighted by Gasteiger charge is 2.23. The van der Waals surface area contributed by atoms with Crippen LogP contribution in [-0.4, -0.2) is 28.3 Å². The number of hydrogen-bond acceptors (Lipinski definition) is 3. The average Bonchev–Trinajstić information content (AvgIpc) is 2.29. The summed E-state index contributed by atoms with van der Waals surface area (Å²) in [5.74, 6) is -0.0744. The molecule has 0 aliphatic heterocycles. The van der Waals surface area contributed by atoms with Crippen molar-refractivity contribution in [1.29, 1.82) is 0 Å². The summed E-state index contributed by atoms with van der Waals surface area (Å²) in [6, 6.07) is 7.46. The van der Waals surface area contributed by atoms with E-state index in [9.17, 15) is 9.59 Å². The van der Waals surface area contributed by atoms with Gasteiger partial charge in [-0.15, -0.1) is 11.8 Å². The zero-order chi connectivity index (χ0) is 15.2. The van der Waals surface area contributed by atoms with Crippen molar-refractivity contribution in [2.75, 3.05) is 5.75 Å². The third kappa shape index (κ3) is 6.82. The fourth-order valence-corrected chi connectivity index (χ4v) is 2.59. The lowest BCUT2D eigenvalue weighted by molar-refractivity contribution is -0.138. The summed E-state index contributed by atoms with van der Waals surface area (Å²) < 4.78 is 0. The minimum atomic E-state index is -0.927. The average molecular weight is 316 g/mol. The molecular formula is C14H18ClNO3S. The lowest BCUT2D eigenvalue weighted by Gasteiger charge is -2.24. The van der Waals surface area contributed by atoms with Gasteiger partial charge in [0.2, 0.25) is 5.91 Å². The van der Waals surface area contributed by atoms with E-state index in [0.717, 1.165) is 5.56 Å². The fraction of sp³-hybridized carbons (Fsp3) is 0.429. The van der Waals surface area contributed by atoms with Crippen molar-refractivity contribution in [3.8, 4) is 0 Å². The van der Waals surface area contributed by atoms with Crippen LogP contribution in [-0.2, 0) is 15.3 Å². The third-order valence-electron chi connectivity index (χ3n) is 2.49. The molecular weight excluding hydrogens is 298 g/mol. The SMILES string of the molecule is CC(C)(CC(=O)O)NC(=O)CSCc1ccc(Cl)cc1. The number of nitrogens with one attached hydrogen (secondary N) is 1. The first-order chi connectivity index (χ1) is 9.28. The molecule has 0 aliphatic carbocycles. The molecule has 0 heterocycles. The summed E-state index contributed by atoms with van der Waals surface area (Å²) >= 11 is 7.27. The third-order valence-corrected chi connectivity index (χ3v) is 3.74. The Bertz CT molecular complexity index is 474. The Hall–Kier alpha value is -1.20. The lowest BCUT2D eigenvalue weighted by atomic mass is 10.0. The zero-order valence-electron chi connectivity index (χ0n) is 11.5. The van der Waals surface area contributed by atoms with Crippen molar-refractivity contribution in [2.24, 2.45) is 0 Å². The number of thioether (sulfide) groups is 1. The van der Waals surface area contributed by atoms with Crippen molar-refractivity contribution in [3.05, 3.63) is 34.9 Å². The van der Waals surface area contributed by atoms with E-state index in [1.807, 2.05) is 24.3 Å². The molecule has 2 N–H and O–H groups in total. The number of halogens is 1. The van der Waals surface area contributed by atoms with Crippen LogP contribution in [0, 0.1) is 0 Å². The van der Waals surface area contributed by atoms with E-state index in [1.165, 1.54) is 11.8 Å². The maximum Gasteiger partial charge on any atom is 0.305 e. The van der Waals surface area contributed by atoms with Gasteiger partial charge in [0.25, 0.3) is 0 Å². The molecule has 0 atom stereocenters. The van der Waals surface area contributed by atoms with Crippen molar-refractivity contribution >= 4 is 35.2 Å². The maximum absolute atomic E-state index is 11.7. The van der Waals surface area contributed by atoms with E-state index < -0.39 is 11.5 Å². The van der Waals surface area contributed by atoms with Crippen molar-refractivity contribution < 1.29 is 14.7 Å². The molecule has 0 spiro atoms. The maximum atomic E-state index is 11.7. The largest absolute Gasteiger partial charge is 0.481 e. The topological polar surface area (TPSA) is 66.4 Å². The van der Waals surface area contributed by atoms with Gasteiger partial charge in [0, 0.05) is 16.3 Å². The van der Waals surface area contributed by atoms with Gasteiger partial charge in [-0.05, 0) is 31.5 Å². The van der Waals surface area contributed by atoms with E-state index in [0.29, 0.717) is 16.5 Å². The molecule has 1 aromatic rings. The molecule has 4 nitrogen and oxygen atoms in total. The first-order valence-electron chi connectivity index (χ1n) is 6.13. The fourth-order valence-electron chi connectivity index (χ4n) is 1.68. The molecule has 20 heavy (non-hydrogen) atoms. The van der Waals surface area contributed by atoms with Gasteiger partial charge < -0.3 is 10.4 Å². The molecule has 0 aliphatic rings. The molecule has 1 amide bonds. The van der Waals surface area contributed by atoms with Gasteiger partial charge in [0.15, 0.2) is 0 Å². The second-order valence-corrected chi connectivity index (χ2v) is 6.54. The number of rotatable bonds is 7. The summed E-state index contributed by atoms with van der Waals surface area (Å²) in [4.78, 5) is 22.4. The van der Waals surface area contributed by atoms with Crippen LogP contribution >= 0.6 is 23.4 Å². The first kappa shape index (κ1) is 16.9. The minimum Gasteiger partial charge on any atom is -0.481 e. The van der Waals surface area contributed by atoms with Gasteiger partial charge in [-0.2, -0.15) is 0 Å². The zero-order valence-corrected chi connectivity index (χ0v) is 13.1. The van der Waals surface area contributed by atoms with E-state index in [1.54, 1.807) is 13.8 Å². The number of hydrogen-bond donors (Lipinski definition) is 2. The van der Waals surface area contributed by atoms with Crippen LogP contribution in [0.15, 0.2) is 24.3 Å². The van der Waals surface area contributed by atoms with Crippen LogP contribution in [0.5, 0.6) is 0 Å². The molecule has 0 radical (unpaired) electrons. The number of carbonyl (C=O) groups is 2. The normalized spacial score (nSPS) is 11.2. The minimum absolute atomic E-state index is 0.0966. The summed E-state index contributed by atoms with van der Waals surface area (Å²) in [5.41, 5.74) is 0.362. The standard InChI is InChI=1S/C14H18ClNO3S/c1-14(2,7-13(18)19)16-12(17)9-20-8-10-3-5-11(15)6-4-10/h3-6H,7-9H2,1-2H3,(H,16,17)(H,18,19). The van der Waals surface area contributed by atoms with Crippen LogP contribution in [0.4, 0.5) is 0 Å². The smallest absolute Gasteiger partial charge is 0.305 e. The Labute approximate surface area is 127 Å². The second-order valence-electron chi connectivity index (χ2n) is 5.12. The molecule has 0 bridgehead atoms. The number of aliphatic carboxylic acids is 1. The Morgan fingerprint density at radius 1 is 1.30 bits per heavy atom. The van der Waals surface area contributed by atoms with E-state index in [4.69, 9.17) is 16.7 Å². The van der Waals surface area contributed by atoms with Crippen LogP contribution < -0.4 is 5.32 Å². The monoisotopic (exact) mass is 315 g/mol. The molecule has 0 saturated heterocycles. The highest BCUT2D eigenvalue weighted by atomic mass is 35.5. The van der Waals surface area contributed by atoms with E-state index >= 15 is 0 Å². The van der Waals surface area contributed by atoms with E-state index in [-0.39, 0.29) is 12.3 Å². The van der Waals surface area contributed by atoms with Crippen molar-refractivity contribution in [1.82, 2.24) is 5.32 Å². The molecule has 1 rings (SSSR count). The molecule has 6 heteroatoms. The number of carboxylic acids is 1. The Balaban J connectivity index is 2.33. The quantitative estimate of drug-likeness (QED) is 0.812. The predicted molar refractivity (Wildman–Crippen MR) is 82.1 cm³/mol. The lowest BCUT2D eigenvalue weighted by Crippen LogP contribution is -2.45. The molecule has 0 saturated carbocycles. The Morgan fingerprint density at radius 3 is 2.45 bits per heavy atom. The number of carboxylic acid groups (broad SMARTS) is 1. The highest BCUT2D eigenvalue weighted by molar-refractivity contribution is 7.99. The van der Waals surface area contributed by atoms with Gasteiger partial charge in [-0.3, -0.25) is 9.59 Å². The number of carbonyl (C=O) groups excluding carboxylic acids is 1. The van der Waals surface area contributed by atoms with Crippen LogP contribution in [0.25, 0.3) is 0 Å². The number of amides is 1. The van der Waals surface area contributed by atoms with Crippen LogP contribution in [0.2, 0.25) is 5.02 Å². The van der Waals surface area contributed by atoms with Gasteiger partial charge in [0.1, 0.15) is 0 Å². The Kier molecular flexibility index (Phi) is 6.36. The molecule has 1 aromatic carbocycles. The summed E-state index contributed by atoms with van der Waals surface area (Å²) in [7, 11) is 0. The van der Waals surface area contributed by atoms with Gasteiger partial charge in [0.05, 0.1) is 12.2 Å². The van der Waals surface area contributed by atoms with Crippen molar-refractivity contribution in [2.45, 2.75) is 31.6 Å². The van der Waals surface area contributed by atoms with Crippen LogP contribution in [0.1, 0.15) is 25.8 Å². The predicted octanol–water partition coefficient (Wildman–Crippen LogP) is 2.94. The van der Waals surface area contributed by atoms with Crippen LogP contribution in [0.3, 0.4) is 0 Å². The van der Waals surface area contributed by atoms with Gasteiger partial charge in [-0.25, -0.2) is 0 Å². The van der Waals surface area contributed by atoms with Crippen molar-refractivity contribution in [3.63, 3.8) is 0 Å². The first-order valence-corrected chi connectivity index (χ1v) is 7.67. The van der Waals surface area contributed by atoms with Gasteiger partial charge >= 0.3 is 5.97 Å². The van der Waals surface area contributed by atoms with Gasteiger partial charge in [-0.1, -0.05) is 23.7 Å². The summed E-state index contributed by atoms with van der Waals surface area (Å²) in [5, 5.41) is 12.2. The molecule has 0 fully saturated rings. The summed E-state index contributed by atoms with van der Waals surface area (Å²) in [6.07, 6.45) is -0.0966. The molecule has 0 aromatic heterocycles. The summed E-state index contributed by atoms with van der Waals surface area (Å²) in [6.45, 7) is 3.39. The Morgan fingerprint density at radius 2 is 1.90 bits per heavy atom. The number of benzene rings is 1. The second kappa shape index (κ2) is 7.55. The molecule has 0 unspecified atom stereocenters. The molecule has 110 valence electrons. The highest BCUT2D eigenvalue weighted by Crippen LogP contribution is 2.16.